The van der Waals surface area contributed by atoms with E-state index in [0.717, 1.165) is 36.1 Å². The van der Waals surface area contributed by atoms with Crippen LogP contribution in [0.3, 0.4) is 0 Å². The summed E-state index contributed by atoms with van der Waals surface area (Å²) in [6.45, 7) is 6.73. The Bertz CT molecular complexity index is 1030. The highest BCUT2D eigenvalue weighted by atomic mass is 16.5. The van der Waals surface area contributed by atoms with Crippen LogP contribution in [0.15, 0.2) is 46.9 Å². The number of aryl methyl sites for hydroxylation is 1. The topological polar surface area (TPSA) is 93.4 Å². The van der Waals surface area contributed by atoms with Gasteiger partial charge in [-0.15, -0.1) is 0 Å². The van der Waals surface area contributed by atoms with Gasteiger partial charge in [0.25, 0.3) is 0 Å². The average Bonchev–Trinajstić information content (AvgIpc) is 2.85. The average molecular weight is 472 g/mol. The fourth-order valence-corrected chi connectivity index (χ4v) is 3.64. The molecule has 0 atom stereocenters. The van der Waals surface area contributed by atoms with E-state index in [9.17, 15) is 4.79 Å². The van der Waals surface area contributed by atoms with Crippen molar-refractivity contribution < 1.29 is 23.7 Å². The van der Waals surface area contributed by atoms with Crippen molar-refractivity contribution in [2.45, 2.75) is 32.2 Å². The van der Waals surface area contributed by atoms with Crippen LogP contribution < -0.4 is 15.2 Å². The highest BCUT2D eigenvalue weighted by molar-refractivity contribution is 5.78. The van der Waals surface area contributed by atoms with Gasteiger partial charge in [0.05, 0.1) is 31.8 Å². The molecule has 0 N–H and O–H groups in total. The first-order valence-electron chi connectivity index (χ1n) is 11.5. The van der Waals surface area contributed by atoms with Crippen molar-refractivity contribution in [2.75, 3.05) is 47.2 Å². The molecule has 0 radical (unpaired) electrons. The number of hydrogen-bond donors (Lipinski definition) is 0. The number of rotatable bonds is 14. The van der Waals surface area contributed by atoms with E-state index in [4.69, 9.17) is 23.7 Å². The van der Waals surface area contributed by atoms with E-state index in [-0.39, 0.29) is 12.3 Å². The molecule has 0 amide bonds. The Hall–Kier alpha value is -3.17. The number of aliphatic imine (C=N–C) groups is 1. The SMILES string of the molecule is C=COC(COc1ccc2c(c1)CCn1c-2cc(OCCCCCOCCOC)nc1=O)=NC. The number of hydrogen-bond acceptors (Lipinski definition) is 8. The summed E-state index contributed by atoms with van der Waals surface area (Å²) in [6.07, 6.45) is 4.83. The van der Waals surface area contributed by atoms with Crippen molar-refractivity contribution in [1.82, 2.24) is 9.55 Å². The fraction of sp³-hybridized carbons (Fsp3) is 0.480. The molecule has 34 heavy (non-hydrogen) atoms. The third-order valence-corrected chi connectivity index (χ3v) is 5.39. The Morgan fingerprint density at radius 2 is 2.00 bits per heavy atom. The second-order valence-electron chi connectivity index (χ2n) is 7.69. The summed E-state index contributed by atoms with van der Waals surface area (Å²) in [5.41, 5.74) is 2.58. The normalized spacial score (nSPS) is 12.6. The molecule has 0 bridgehead atoms. The fourth-order valence-electron chi connectivity index (χ4n) is 3.64. The highest BCUT2D eigenvalue weighted by Crippen LogP contribution is 2.32. The Morgan fingerprint density at radius 1 is 1.15 bits per heavy atom. The van der Waals surface area contributed by atoms with Crippen molar-refractivity contribution in [3.63, 3.8) is 0 Å². The molecule has 1 aromatic heterocycles. The van der Waals surface area contributed by atoms with Gasteiger partial charge >= 0.3 is 5.69 Å². The molecule has 0 saturated heterocycles. The Balaban J connectivity index is 1.58. The number of methoxy groups -OCH3 is 1. The summed E-state index contributed by atoms with van der Waals surface area (Å²) in [5, 5.41) is 0. The number of unbranched alkanes of at least 4 members (excludes halogenated alkanes) is 2. The molecule has 1 aliphatic heterocycles. The number of ether oxygens (including phenoxy) is 5. The Morgan fingerprint density at radius 3 is 2.79 bits per heavy atom. The maximum absolute atomic E-state index is 12.6. The van der Waals surface area contributed by atoms with Crippen molar-refractivity contribution in [2.24, 2.45) is 4.99 Å². The van der Waals surface area contributed by atoms with Crippen molar-refractivity contribution in [1.29, 1.82) is 0 Å². The van der Waals surface area contributed by atoms with Crippen LogP contribution in [0.5, 0.6) is 11.6 Å². The van der Waals surface area contributed by atoms with Crippen LogP contribution >= 0.6 is 0 Å². The van der Waals surface area contributed by atoms with Crippen molar-refractivity contribution in [3.8, 4) is 22.9 Å². The lowest BCUT2D eigenvalue weighted by atomic mass is 9.97. The molecule has 1 aliphatic rings. The third-order valence-electron chi connectivity index (χ3n) is 5.39. The summed E-state index contributed by atoms with van der Waals surface area (Å²) in [6, 6.07) is 7.66. The lowest BCUT2D eigenvalue weighted by Gasteiger charge is -2.22. The van der Waals surface area contributed by atoms with E-state index in [0.29, 0.717) is 56.9 Å². The Labute approximate surface area is 200 Å². The molecule has 3 rings (SSSR count). The van der Waals surface area contributed by atoms with E-state index in [2.05, 4.69) is 16.6 Å². The van der Waals surface area contributed by atoms with E-state index in [1.807, 2.05) is 24.3 Å². The maximum Gasteiger partial charge on any atom is 0.351 e. The standard InChI is InChI=1S/C25H33N3O6/c1-4-32-24(26-2)18-34-20-8-9-21-19(16-20)10-11-28-22(21)17-23(27-25(28)29)33-13-7-5-6-12-31-15-14-30-3/h4,8-9,16-17H,1,5-7,10-15,18H2,2-3H3. The first kappa shape index (κ1) is 25.5. The molecule has 0 fully saturated rings. The molecule has 9 nitrogen and oxygen atoms in total. The lowest BCUT2D eigenvalue weighted by Crippen LogP contribution is -2.28. The predicted octanol–water partition coefficient (Wildman–Crippen LogP) is 3.25. The molecule has 2 aromatic rings. The minimum Gasteiger partial charge on any atom is -0.484 e. The van der Waals surface area contributed by atoms with Gasteiger partial charge < -0.3 is 23.7 Å². The van der Waals surface area contributed by atoms with Crippen LogP contribution in [0, 0.1) is 0 Å². The number of aromatic nitrogens is 2. The van der Waals surface area contributed by atoms with Crippen LogP contribution in [0.4, 0.5) is 0 Å². The van der Waals surface area contributed by atoms with Gasteiger partial charge in [0, 0.05) is 38.9 Å². The molecule has 0 aliphatic carbocycles. The molecule has 0 saturated carbocycles. The predicted molar refractivity (Wildman–Crippen MR) is 130 cm³/mol. The monoisotopic (exact) mass is 471 g/mol. The van der Waals surface area contributed by atoms with Crippen molar-refractivity contribution >= 4 is 5.90 Å². The zero-order chi connectivity index (χ0) is 24.2. The first-order valence-corrected chi connectivity index (χ1v) is 11.5. The van der Waals surface area contributed by atoms with Crippen LogP contribution in [-0.2, 0) is 27.2 Å². The second-order valence-corrected chi connectivity index (χ2v) is 7.69. The van der Waals surface area contributed by atoms with Gasteiger partial charge in [-0.1, -0.05) is 6.58 Å². The second kappa shape index (κ2) is 13.5. The zero-order valence-electron chi connectivity index (χ0n) is 20.0. The molecule has 9 heteroatoms. The summed E-state index contributed by atoms with van der Waals surface area (Å²) in [7, 11) is 3.29. The largest absolute Gasteiger partial charge is 0.484 e. The number of fused-ring (bicyclic) bond motifs is 3. The summed E-state index contributed by atoms with van der Waals surface area (Å²) in [5.74, 6) is 1.50. The van der Waals surface area contributed by atoms with Gasteiger partial charge in [0.2, 0.25) is 11.8 Å². The van der Waals surface area contributed by atoms with E-state index < -0.39 is 0 Å². The van der Waals surface area contributed by atoms with E-state index in [1.165, 1.54) is 6.26 Å². The molecule has 2 heterocycles. The van der Waals surface area contributed by atoms with Crippen LogP contribution in [0.2, 0.25) is 0 Å². The summed E-state index contributed by atoms with van der Waals surface area (Å²) >= 11 is 0. The summed E-state index contributed by atoms with van der Waals surface area (Å²) < 4.78 is 28.9. The molecule has 0 unspecified atom stereocenters. The lowest BCUT2D eigenvalue weighted by molar-refractivity contribution is 0.0682. The van der Waals surface area contributed by atoms with Gasteiger partial charge in [-0.05, 0) is 49.4 Å². The maximum atomic E-state index is 12.6. The summed E-state index contributed by atoms with van der Waals surface area (Å²) in [4.78, 5) is 20.7. The van der Waals surface area contributed by atoms with Crippen molar-refractivity contribution in [3.05, 3.63) is 53.2 Å². The molecule has 0 spiro atoms. The van der Waals surface area contributed by atoms with Gasteiger partial charge in [0.15, 0.2) is 6.61 Å². The molecule has 184 valence electrons. The van der Waals surface area contributed by atoms with E-state index in [1.54, 1.807) is 18.7 Å². The minimum atomic E-state index is -0.296. The van der Waals surface area contributed by atoms with E-state index >= 15 is 0 Å². The van der Waals surface area contributed by atoms with Crippen LogP contribution in [-0.4, -0.2) is 62.6 Å². The van der Waals surface area contributed by atoms with Crippen LogP contribution in [0.25, 0.3) is 11.3 Å². The van der Waals surface area contributed by atoms with Gasteiger partial charge in [-0.3, -0.25) is 9.56 Å². The Kier molecular flexibility index (Phi) is 10.1. The smallest absolute Gasteiger partial charge is 0.351 e. The van der Waals surface area contributed by atoms with Gasteiger partial charge in [0.1, 0.15) is 5.75 Å². The zero-order valence-corrected chi connectivity index (χ0v) is 20.0. The van der Waals surface area contributed by atoms with Gasteiger partial charge in [-0.2, -0.15) is 4.98 Å². The molecule has 1 aromatic carbocycles. The third kappa shape index (κ3) is 7.16. The highest BCUT2D eigenvalue weighted by Gasteiger charge is 2.20. The van der Waals surface area contributed by atoms with Gasteiger partial charge in [-0.25, -0.2) is 4.79 Å². The van der Waals surface area contributed by atoms with Crippen LogP contribution in [0.1, 0.15) is 24.8 Å². The quantitative estimate of drug-likeness (QED) is 0.181. The first-order chi connectivity index (χ1) is 16.7. The molecular weight excluding hydrogens is 438 g/mol. The molecular formula is C25H33N3O6. The minimum absolute atomic E-state index is 0.207. The number of nitrogens with zero attached hydrogens (tertiary/aromatic N) is 3. The number of benzene rings is 1.